The topological polar surface area (TPSA) is 42.0 Å². The third-order valence-electron chi connectivity index (χ3n) is 2.34. The molecule has 98 valence electrons. The lowest BCUT2D eigenvalue weighted by atomic mass is 10.1. The lowest BCUT2D eigenvalue weighted by Crippen LogP contribution is -2.16. The number of pyridine rings is 1. The number of nitrogens with zero attached hydrogens (tertiary/aromatic N) is 1. The summed E-state index contributed by atoms with van der Waals surface area (Å²) in [6.45, 7) is 0. The summed E-state index contributed by atoms with van der Waals surface area (Å²) in [5.41, 5.74) is 0.536. The molecule has 1 heterocycles. The highest BCUT2D eigenvalue weighted by molar-refractivity contribution is 6.30. The molecule has 0 aliphatic rings. The maximum Gasteiger partial charge on any atom is 0.239 e. The Morgan fingerprint density at radius 3 is 2.74 bits per heavy atom. The first-order valence-electron chi connectivity index (χ1n) is 5.41. The van der Waals surface area contributed by atoms with Gasteiger partial charge in [0.15, 0.2) is 0 Å². The Labute approximate surface area is 113 Å². The molecule has 0 saturated heterocycles. The smallest absolute Gasteiger partial charge is 0.239 e. The fourth-order valence-electron chi connectivity index (χ4n) is 1.53. The molecule has 2 aromatic rings. The molecule has 1 aromatic carbocycles. The fourth-order valence-corrected chi connectivity index (χ4v) is 1.74. The van der Waals surface area contributed by atoms with Crippen LogP contribution in [0.15, 0.2) is 36.4 Å². The lowest BCUT2D eigenvalue weighted by Gasteiger charge is -2.06. The number of nitrogens with one attached hydrogen (secondary N) is 1. The van der Waals surface area contributed by atoms with Crippen LogP contribution in [0.2, 0.25) is 5.02 Å². The van der Waals surface area contributed by atoms with Crippen molar-refractivity contribution in [3.05, 3.63) is 58.9 Å². The summed E-state index contributed by atoms with van der Waals surface area (Å²) in [7, 11) is 0. The summed E-state index contributed by atoms with van der Waals surface area (Å²) in [4.78, 5) is 14.7. The van der Waals surface area contributed by atoms with Crippen molar-refractivity contribution < 1.29 is 13.6 Å². The molecule has 6 heteroatoms. The predicted octanol–water partition coefficient (Wildman–Crippen LogP) is 3.19. The molecule has 2 rings (SSSR count). The van der Waals surface area contributed by atoms with Gasteiger partial charge in [0, 0.05) is 5.02 Å². The number of carbonyl (C=O) groups excluding carboxylic acids is 1. The van der Waals surface area contributed by atoms with Gasteiger partial charge in [-0.1, -0.05) is 23.7 Å². The Hall–Kier alpha value is -2.01. The van der Waals surface area contributed by atoms with E-state index in [0.717, 1.165) is 12.1 Å². The Morgan fingerprint density at radius 1 is 1.26 bits per heavy atom. The zero-order valence-corrected chi connectivity index (χ0v) is 10.4. The molecular formula is C13H9ClF2N2O. The molecule has 0 radical (unpaired) electrons. The summed E-state index contributed by atoms with van der Waals surface area (Å²) in [6.07, 6.45) is 0.0391. The van der Waals surface area contributed by atoms with Gasteiger partial charge >= 0.3 is 0 Å². The van der Waals surface area contributed by atoms with E-state index >= 15 is 0 Å². The van der Waals surface area contributed by atoms with Gasteiger partial charge in [-0.25, -0.2) is 0 Å². The van der Waals surface area contributed by atoms with Gasteiger partial charge in [0.05, 0.1) is 12.1 Å². The number of hydrogen-bond donors (Lipinski definition) is 1. The van der Waals surface area contributed by atoms with Crippen molar-refractivity contribution in [2.75, 3.05) is 5.32 Å². The van der Waals surface area contributed by atoms with Crippen LogP contribution in [-0.2, 0) is 11.2 Å². The molecule has 0 bridgehead atoms. The predicted molar refractivity (Wildman–Crippen MR) is 67.9 cm³/mol. The van der Waals surface area contributed by atoms with Gasteiger partial charge < -0.3 is 5.32 Å². The first-order chi connectivity index (χ1) is 9.04. The van der Waals surface area contributed by atoms with Gasteiger partial charge in [-0.05, 0) is 29.8 Å². The number of rotatable bonds is 3. The second-order valence-corrected chi connectivity index (χ2v) is 4.26. The van der Waals surface area contributed by atoms with Crippen molar-refractivity contribution in [3.8, 4) is 0 Å². The molecule has 19 heavy (non-hydrogen) atoms. The second kappa shape index (κ2) is 5.75. The van der Waals surface area contributed by atoms with E-state index in [1.165, 1.54) is 0 Å². The summed E-state index contributed by atoms with van der Waals surface area (Å²) < 4.78 is 25.8. The largest absolute Gasteiger partial charge is 0.322 e. The minimum Gasteiger partial charge on any atom is -0.322 e. The first-order valence-corrected chi connectivity index (χ1v) is 5.79. The average molecular weight is 283 g/mol. The van der Waals surface area contributed by atoms with Crippen molar-refractivity contribution in [2.24, 2.45) is 0 Å². The Bertz CT molecular complexity index is 619. The van der Waals surface area contributed by atoms with Crippen molar-refractivity contribution in [2.45, 2.75) is 6.42 Å². The van der Waals surface area contributed by atoms with Gasteiger partial charge in [0.1, 0.15) is 0 Å². The molecule has 1 N–H and O–H groups in total. The van der Waals surface area contributed by atoms with Crippen LogP contribution >= 0.6 is 11.6 Å². The van der Waals surface area contributed by atoms with Crippen LogP contribution in [0.5, 0.6) is 0 Å². The number of anilines is 1. The quantitative estimate of drug-likeness (QED) is 0.879. The van der Waals surface area contributed by atoms with Crippen LogP contribution in [-0.4, -0.2) is 10.9 Å². The highest BCUT2D eigenvalue weighted by Crippen LogP contribution is 2.14. The van der Waals surface area contributed by atoms with E-state index in [9.17, 15) is 13.6 Å². The van der Waals surface area contributed by atoms with E-state index in [2.05, 4.69) is 10.3 Å². The number of amides is 1. The van der Waals surface area contributed by atoms with E-state index in [4.69, 9.17) is 11.6 Å². The first kappa shape index (κ1) is 13.4. The van der Waals surface area contributed by atoms with E-state index in [-0.39, 0.29) is 12.1 Å². The number of hydrogen-bond acceptors (Lipinski definition) is 2. The van der Waals surface area contributed by atoms with Crippen LogP contribution < -0.4 is 5.32 Å². The highest BCUT2D eigenvalue weighted by atomic mass is 35.5. The highest BCUT2D eigenvalue weighted by Gasteiger charge is 2.10. The number of carbonyl (C=O) groups is 1. The van der Waals surface area contributed by atoms with Gasteiger partial charge in [0.25, 0.3) is 0 Å². The monoisotopic (exact) mass is 282 g/mol. The van der Waals surface area contributed by atoms with Crippen molar-refractivity contribution in [1.29, 1.82) is 0 Å². The van der Waals surface area contributed by atoms with E-state index < -0.39 is 17.8 Å². The van der Waals surface area contributed by atoms with Gasteiger partial charge in [0.2, 0.25) is 17.8 Å². The van der Waals surface area contributed by atoms with Crippen LogP contribution in [0.25, 0.3) is 0 Å². The van der Waals surface area contributed by atoms with E-state index in [0.29, 0.717) is 10.6 Å². The van der Waals surface area contributed by atoms with Crippen LogP contribution in [0.4, 0.5) is 14.5 Å². The van der Waals surface area contributed by atoms with E-state index in [1.807, 2.05) is 0 Å². The van der Waals surface area contributed by atoms with Crippen molar-refractivity contribution >= 4 is 23.2 Å². The molecule has 0 aliphatic carbocycles. The zero-order valence-electron chi connectivity index (χ0n) is 9.66. The molecule has 0 atom stereocenters. The number of halogens is 3. The molecular weight excluding hydrogens is 274 g/mol. The second-order valence-electron chi connectivity index (χ2n) is 3.83. The van der Waals surface area contributed by atoms with Gasteiger partial charge in [-0.15, -0.1) is 0 Å². The summed E-state index contributed by atoms with van der Waals surface area (Å²) in [6, 6.07) is 8.86. The SMILES string of the molecule is O=C(Cc1cccc(Cl)c1)Nc1ccc(F)nc1F. The Morgan fingerprint density at radius 2 is 2.05 bits per heavy atom. The molecule has 0 spiro atoms. The maximum absolute atomic E-state index is 13.2. The van der Waals surface area contributed by atoms with Crippen LogP contribution in [0, 0.1) is 11.9 Å². The average Bonchev–Trinajstić information content (AvgIpc) is 2.33. The Kier molecular flexibility index (Phi) is 4.06. The van der Waals surface area contributed by atoms with Gasteiger partial charge in [-0.2, -0.15) is 13.8 Å². The zero-order chi connectivity index (χ0) is 13.8. The molecule has 0 unspecified atom stereocenters. The normalized spacial score (nSPS) is 10.3. The molecule has 3 nitrogen and oxygen atoms in total. The maximum atomic E-state index is 13.2. The standard InChI is InChI=1S/C13H9ClF2N2O/c14-9-3-1-2-8(6-9)7-12(19)17-10-4-5-11(15)18-13(10)16/h1-6H,7H2,(H,17,19). The summed E-state index contributed by atoms with van der Waals surface area (Å²) >= 11 is 5.79. The number of aromatic nitrogens is 1. The van der Waals surface area contributed by atoms with Crippen LogP contribution in [0.3, 0.4) is 0 Å². The number of benzene rings is 1. The minimum atomic E-state index is -1.06. The third-order valence-corrected chi connectivity index (χ3v) is 2.58. The van der Waals surface area contributed by atoms with Crippen molar-refractivity contribution in [1.82, 2.24) is 4.98 Å². The van der Waals surface area contributed by atoms with E-state index in [1.54, 1.807) is 24.3 Å². The van der Waals surface area contributed by atoms with Crippen LogP contribution in [0.1, 0.15) is 5.56 Å². The molecule has 0 fully saturated rings. The molecule has 1 amide bonds. The lowest BCUT2D eigenvalue weighted by molar-refractivity contribution is -0.115. The van der Waals surface area contributed by atoms with Gasteiger partial charge in [-0.3, -0.25) is 4.79 Å². The molecule has 0 aliphatic heterocycles. The molecule has 1 aromatic heterocycles. The fraction of sp³-hybridized carbons (Fsp3) is 0.0769. The van der Waals surface area contributed by atoms with Crippen molar-refractivity contribution in [3.63, 3.8) is 0 Å². The summed E-state index contributed by atoms with van der Waals surface area (Å²) in [5.74, 6) is -2.43. The summed E-state index contributed by atoms with van der Waals surface area (Å²) in [5, 5.41) is 2.83. The molecule has 0 saturated carbocycles. The third kappa shape index (κ3) is 3.72. The minimum absolute atomic E-state index is 0.0391. The Balaban J connectivity index is 2.05.